The smallest absolute Gasteiger partial charge is 0.266 e. The number of sulfonamides is 1. The third-order valence-corrected chi connectivity index (χ3v) is 4.23. The molecule has 0 amide bonds. The summed E-state index contributed by atoms with van der Waals surface area (Å²) in [5.74, 6) is 0.926. The van der Waals surface area contributed by atoms with Crippen LogP contribution < -0.4 is 9.46 Å². The number of hydrogen-bond acceptors (Lipinski definition) is 5. The average molecular weight is 361 g/mol. The first-order valence-corrected chi connectivity index (χ1v) is 8.08. The van der Waals surface area contributed by atoms with E-state index in [0.29, 0.717) is 16.8 Å². The lowest BCUT2D eigenvalue weighted by Gasteiger charge is -2.11. The zero-order valence-corrected chi connectivity index (χ0v) is 13.3. The lowest BCUT2D eigenvalue weighted by Crippen LogP contribution is -2.14. The van der Waals surface area contributed by atoms with Crippen molar-refractivity contribution in [2.24, 2.45) is 0 Å². The van der Waals surface area contributed by atoms with Crippen LogP contribution in [0.2, 0.25) is 0 Å². The van der Waals surface area contributed by atoms with Crippen molar-refractivity contribution < 1.29 is 17.7 Å². The van der Waals surface area contributed by atoms with Gasteiger partial charge in [-0.25, -0.2) is 8.42 Å². The van der Waals surface area contributed by atoms with Gasteiger partial charge in [0.15, 0.2) is 5.82 Å². The SMILES string of the molecule is CCOc1ccc(Br)cc1S(=O)(=O)Nc1cc(C)on1. The second-order valence-electron chi connectivity index (χ2n) is 3.95. The van der Waals surface area contributed by atoms with E-state index in [2.05, 4.69) is 25.8 Å². The molecule has 0 spiro atoms. The number of aryl methyl sites for hydroxylation is 1. The van der Waals surface area contributed by atoms with Crippen LogP contribution >= 0.6 is 15.9 Å². The van der Waals surface area contributed by atoms with Crippen LogP contribution in [-0.4, -0.2) is 20.2 Å². The maximum absolute atomic E-state index is 12.4. The standard InChI is InChI=1S/C12H13BrN2O4S/c1-3-18-10-5-4-9(13)7-11(10)20(16,17)15-12-6-8(2)19-14-12/h4-7H,3H2,1-2H3,(H,14,15). The molecular weight excluding hydrogens is 348 g/mol. The molecule has 0 radical (unpaired) electrons. The average Bonchev–Trinajstić information content (AvgIpc) is 2.76. The first-order valence-electron chi connectivity index (χ1n) is 5.81. The van der Waals surface area contributed by atoms with E-state index in [1.807, 2.05) is 0 Å². The highest BCUT2D eigenvalue weighted by Gasteiger charge is 2.21. The molecule has 2 aromatic rings. The quantitative estimate of drug-likeness (QED) is 0.886. The minimum atomic E-state index is -3.80. The highest BCUT2D eigenvalue weighted by Crippen LogP contribution is 2.29. The first-order chi connectivity index (χ1) is 9.42. The number of ether oxygens (including phenoxy) is 1. The van der Waals surface area contributed by atoms with Gasteiger partial charge in [0.2, 0.25) is 0 Å². The number of nitrogens with one attached hydrogen (secondary N) is 1. The number of halogens is 1. The van der Waals surface area contributed by atoms with Gasteiger partial charge in [-0.2, -0.15) is 0 Å². The van der Waals surface area contributed by atoms with Crippen molar-refractivity contribution in [2.45, 2.75) is 18.7 Å². The Balaban J connectivity index is 2.40. The fraction of sp³-hybridized carbons (Fsp3) is 0.250. The molecule has 0 atom stereocenters. The Kier molecular flexibility index (Phi) is 4.34. The second-order valence-corrected chi connectivity index (χ2v) is 6.52. The summed E-state index contributed by atoms with van der Waals surface area (Å²) in [6.45, 7) is 3.83. The van der Waals surface area contributed by atoms with Gasteiger partial charge in [0, 0.05) is 10.5 Å². The highest BCUT2D eigenvalue weighted by atomic mass is 79.9. The molecule has 8 heteroatoms. The summed E-state index contributed by atoms with van der Waals surface area (Å²) in [6.07, 6.45) is 0. The van der Waals surface area contributed by atoms with Crippen LogP contribution in [0.15, 0.2) is 38.2 Å². The molecule has 1 aromatic carbocycles. The molecule has 1 aromatic heterocycles. The predicted octanol–water partition coefficient (Wildman–Crippen LogP) is 2.95. The van der Waals surface area contributed by atoms with Crippen LogP contribution in [-0.2, 0) is 10.0 Å². The van der Waals surface area contributed by atoms with Gasteiger partial charge in [0.05, 0.1) is 6.61 Å². The van der Waals surface area contributed by atoms with Gasteiger partial charge in [-0.05, 0) is 32.0 Å². The summed E-state index contributed by atoms with van der Waals surface area (Å²) in [6, 6.07) is 6.27. The van der Waals surface area contributed by atoms with Crippen LogP contribution in [0, 0.1) is 6.92 Å². The minimum Gasteiger partial charge on any atom is -0.492 e. The van der Waals surface area contributed by atoms with Crippen molar-refractivity contribution >= 4 is 31.8 Å². The predicted molar refractivity (Wildman–Crippen MR) is 77.4 cm³/mol. The molecule has 6 nitrogen and oxygen atoms in total. The Hall–Kier alpha value is -1.54. The first kappa shape index (κ1) is 14.9. The molecule has 0 aliphatic rings. The maximum Gasteiger partial charge on any atom is 0.266 e. The third kappa shape index (κ3) is 3.31. The third-order valence-electron chi connectivity index (χ3n) is 2.36. The largest absolute Gasteiger partial charge is 0.492 e. The summed E-state index contributed by atoms with van der Waals surface area (Å²) in [4.78, 5) is 0.0365. The van der Waals surface area contributed by atoms with Crippen molar-refractivity contribution in [2.75, 3.05) is 11.3 Å². The van der Waals surface area contributed by atoms with Gasteiger partial charge in [0.1, 0.15) is 16.4 Å². The Morgan fingerprint density at radius 2 is 2.15 bits per heavy atom. The van der Waals surface area contributed by atoms with Crippen molar-refractivity contribution in [1.82, 2.24) is 5.16 Å². The lowest BCUT2D eigenvalue weighted by molar-refractivity contribution is 0.331. The van der Waals surface area contributed by atoms with E-state index in [9.17, 15) is 8.42 Å². The van der Waals surface area contributed by atoms with E-state index < -0.39 is 10.0 Å². The summed E-state index contributed by atoms with van der Waals surface area (Å²) in [5, 5.41) is 3.61. The van der Waals surface area contributed by atoms with Gasteiger partial charge in [-0.1, -0.05) is 21.1 Å². The molecule has 2 rings (SSSR count). The fourth-order valence-corrected chi connectivity index (χ4v) is 3.24. The zero-order valence-electron chi connectivity index (χ0n) is 10.9. The molecule has 108 valence electrons. The fourth-order valence-electron chi connectivity index (χ4n) is 1.57. The Bertz CT molecular complexity index is 712. The summed E-state index contributed by atoms with van der Waals surface area (Å²) < 4.78 is 37.9. The Morgan fingerprint density at radius 1 is 1.40 bits per heavy atom. The number of benzene rings is 1. The van der Waals surface area contributed by atoms with Crippen LogP contribution in [0.3, 0.4) is 0 Å². The van der Waals surface area contributed by atoms with Crippen LogP contribution in [0.1, 0.15) is 12.7 Å². The molecule has 0 saturated heterocycles. The molecule has 0 unspecified atom stereocenters. The number of nitrogens with zero attached hydrogens (tertiary/aromatic N) is 1. The molecule has 0 bridgehead atoms. The molecule has 20 heavy (non-hydrogen) atoms. The number of aromatic nitrogens is 1. The number of anilines is 1. The molecular formula is C12H13BrN2O4S. The zero-order chi connectivity index (χ0) is 14.8. The van der Waals surface area contributed by atoms with E-state index in [-0.39, 0.29) is 16.5 Å². The van der Waals surface area contributed by atoms with Gasteiger partial charge in [-0.15, -0.1) is 0 Å². The Morgan fingerprint density at radius 3 is 2.75 bits per heavy atom. The summed E-state index contributed by atoms with van der Waals surface area (Å²) in [5.41, 5.74) is 0. The monoisotopic (exact) mass is 360 g/mol. The van der Waals surface area contributed by atoms with Gasteiger partial charge < -0.3 is 9.26 Å². The second kappa shape index (κ2) is 5.84. The van der Waals surface area contributed by atoms with Crippen LogP contribution in [0.5, 0.6) is 5.75 Å². The molecule has 1 heterocycles. The van der Waals surface area contributed by atoms with Crippen LogP contribution in [0.4, 0.5) is 5.82 Å². The summed E-state index contributed by atoms with van der Waals surface area (Å²) in [7, 11) is -3.80. The molecule has 0 fully saturated rings. The van der Waals surface area contributed by atoms with E-state index in [0.717, 1.165) is 0 Å². The number of rotatable bonds is 5. The van der Waals surface area contributed by atoms with Crippen molar-refractivity contribution in [3.63, 3.8) is 0 Å². The molecule has 0 aliphatic heterocycles. The maximum atomic E-state index is 12.4. The Labute approximate surface area is 125 Å². The van der Waals surface area contributed by atoms with Gasteiger partial charge >= 0.3 is 0 Å². The van der Waals surface area contributed by atoms with Gasteiger partial charge in [-0.3, -0.25) is 4.72 Å². The summed E-state index contributed by atoms with van der Waals surface area (Å²) >= 11 is 3.25. The molecule has 0 aliphatic carbocycles. The minimum absolute atomic E-state index is 0.0365. The molecule has 1 N–H and O–H groups in total. The highest BCUT2D eigenvalue weighted by molar-refractivity contribution is 9.10. The van der Waals surface area contributed by atoms with Crippen molar-refractivity contribution in [3.05, 3.63) is 34.5 Å². The van der Waals surface area contributed by atoms with E-state index in [1.54, 1.807) is 26.0 Å². The normalized spacial score (nSPS) is 11.3. The van der Waals surface area contributed by atoms with Gasteiger partial charge in [0.25, 0.3) is 10.0 Å². The number of hydrogen-bond donors (Lipinski definition) is 1. The van der Waals surface area contributed by atoms with E-state index in [1.165, 1.54) is 12.1 Å². The van der Waals surface area contributed by atoms with E-state index in [4.69, 9.17) is 9.26 Å². The molecule has 0 saturated carbocycles. The van der Waals surface area contributed by atoms with Crippen molar-refractivity contribution in [3.8, 4) is 5.75 Å². The topological polar surface area (TPSA) is 81.4 Å². The lowest BCUT2D eigenvalue weighted by atomic mass is 10.3. The van der Waals surface area contributed by atoms with Crippen molar-refractivity contribution in [1.29, 1.82) is 0 Å². The van der Waals surface area contributed by atoms with Crippen LogP contribution in [0.25, 0.3) is 0 Å². The van der Waals surface area contributed by atoms with E-state index >= 15 is 0 Å².